The van der Waals surface area contributed by atoms with Crippen LogP contribution < -0.4 is 0 Å². The van der Waals surface area contributed by atoms with E-state index >= 15 is 0 Å². The van der Waals surface area contributed by atoms with Gasteiger partial charge >= 0.3 is 0 Å². The van der Waals surface area contributed by atoms with Crippen molar-refractivity contribution < 1.29 is 0 Å². The Hall–Kier alpha value is -0.840. The van der Waals surface area contributed by atoms with Crippen LogP contribution in [0.2, 0.25) is 0 Å². The quantitative estimate of drug-likeness (QED) is 0.674. The van der Waals surface area contributed by atoms with Crippen molar-refractivity contribution in [2.24, 2.45) is 0 Å². The van der Waals surface area contributed by atoms with Crippen molar-refractivity contribution in [2.45, 2.75) is 23.8 Å². The van der Waals surface area contributed by atoms with E-state index in [-0.39, 0.29) is 10.00 Å². The Bertz CT molecular complexity index is 359. The van der Waals surface area contributed by atoms with Crippen molar-refractivity contribution in [1.29, 1.82) is 10.5 Å². The predicted octanol–water partition coefficient (Wildman–Crippen LogP) is 3.06. The second-order valence-corrected chi connectivity index (χ2v) is 5.44. The van der Waals surface area contributed by atoms with Crippen molar-refractivity contribution in [3.8, 4) is 10.8 Å². The van der Waals surface area contributed by atoms with Crippen LogP contribution in [0.15, 0.2) is 23.8 Å². The topological polar surface area (TPSA) is 47.6 Å². The second kappa shape index (κ2) is 4.59. The molecule has 0 fully saturated rings. The third-order valence-corrected chi connectivity index (χ3v) is 4.16. The predicted molar refractivity (Wildman–Crippen MR) is 61.5 cm³/mol. The number of allylic oxidation sites excluding steroid dienone is 2. The summed E-state index contributed by atoms with van der Waals surface area (Å²) in [6.07, 6.45) is 6.04. The van der Waals surface area contributed by atoms with E-state index in [4.69, 9.17) is 10.5 Å². The van der Waals surface area contributed by atoms with Gasteiger partial charge in [0.1, 0.15) is 10.8 Å². The van der Waals surface area contributed by atoms with E-state index in [1.165, 1.54) is 23.5 Å². The standard InChI is InChI=1S/C10H10N2S2/c1-8-3-4-10(2,14-7-12)9(5-8)13-6-11/h3-5,9H,1-2H3. The maximum Gasteiger partial charge on any atom is 0.134 e. The van der Waals surface area contributed by atoms with Crippen LogP contribution in [0.25, 0.3) is 0 Å². The molecule has 14 heavy (non-hydrogen) atoms. The van der Waals surface area contributed by atoms with E-state index in [2.05, 4.69) is 10.8 Å². The zero-order chi connectivity index (χ0) is 10.6. The minimum Gasteiger partial charge on any atom is -0.185 e. The van der Waals surface area contributed by atoms with Gasteiger partial charge in [-0.15, -0.1) is 0 Å². The van der Waals surface area contributed by atoms with E-state index in [1.807, 2.05) is 32.1 Å². The molecule has 4 heteroatoms. The number of thioether (sulfide) groups is 2. The summed E-state index contributed by atoms with van der Waals surface area (Å²) in [5.41, 5.74) is 1.15. The summed E-state index contributed by atoms with van der Waals surface area (Å²) < 4.78 is -0.283. The largest absolute Gasteiger partial charge is 0.185 e. The normalized spacial score (nSPS) is 30.3. The molecule has 0 aromatic rings. The minimum absolute atomic E-state index is 0.0575. The van der Waals surface area contributed by atoms with Crippen LogP contribution in [-0.4, -0.2) is 10.00 Å². The van der Waals surface area contributed by atoms with Gasteiger partial charge in [0.05, 0.1) is 10.00 Å². The van der Waals surface area contributed by atoms with Gasteiger partial charge in [-0.3, -0.25) is 0 Å². The van der Waals surface area contributed by atoms with Crippen LogP contribution in [-0.2, 0) is 0 Å². The highest BCUT2D eigenvalue weighted by molar-refractivity contribution is 8.08. The van der Waals surface area contributed by atoms with E-state index in [1.54, 1.807) is 0 Å². The van der Waals surface area contributed by atoms with Gasteiger partial charge in [0.15, 0.2) is 0 Å². The smallest absolute Gasteiger partial charge is 0.134 e. The fraction of sp³-hybridized carbons (Fsp3) is 0.400. The number of rotatable bonds is 2. The van der Waals surface area contributed by atoms with Gasteiger partial charge in [-0.05, 0) is 37.4 Å². The van der Waals surface area contributed by atoms with E-state index in [0.717, 1.165) is 5.57 Å². The minimum atomic E-state index is -0.283. The van der Waals surface area contributed by atoms with Gasteiger partial charge < -0.3 is 0 Å². The number of hydrogen-bond donors (Lipinski definition) is 0. The first-order chi connectivity index (χ1) is 6.62. The fourth-order valence-corrected chi connectivity index (χ4v) is 2.76. The number of hydrogen-bond acceptors (Lipinski definition) is 4. The van der Waals surface area contributed by atoms with Crippen LogP contribution in [0.3, 0.4) is 0 Å². The molecule has 0 aromatic heterocycles. The summed E-state index contributed by atoms with van der Waals surface area (Å²) in [5, 5.41) is 21.6. The third kappa shape index (κ3) is 2.35. The van der Waals surface area contributed by atoms with Crippen LogP contribution in [0.5, 0.6) is 0 Å². The average molecular weight is 222 g/mol. The molecule has 0 N–H and O–H groups in total. The SMILES string of the molecule is CC1=CC(SC#N)C(C)(SC#N)C=C1. The first-order valence-corrected chi connectivity index (χ1v) is 5.81. The fourth-order valence-electron chi connectivity index (χ4n) is 1.25. The summed E-state index contributed by atoms with van der Waals surface area (Å²) in [6, 6.07) is 0. The molecule has 72 valence electrons. The molecular formula is C10H10N2S2. The Kier molecular flexibility index (Phi) is 3.69. The molecule has 0 amide bonds. The lowest BCUT2D eigenvalue weighted by molar-refractivity contribution is 0.813. The Morgan fingerprint density at radius 3 is 2.71 bits per heavy atom. The lowest BCUT2D eigenvalue weighted by Crippen LogP contribution is -2.31. The Morgan fingerprint density at radius 1 is 1.43 bits per heavy atom. The van der Waals surface area contributed by atoms with Crippen molar-refractivity contribution in [3.05, 3.63) is 23.8 Å². The molecule has 1 aliphatic rings. The lowest BCUT2D eigenvalue weighted by Gasteiger charge is -2.30. The summed E-state index contributed by atoms with van der Waals surface area (Å²) in [6.45, 7) is 3.98. The first kappa shape index (κ1) is 11.2. The highest BCUT2D eigenvalue weighted by Crippen LogP contribution is 2.40. The number of nitrogens with zero attached hydrogens (tertiary/aromatic N) is 2. The van der Waals surface area contributed by atoms with E-state index < -0.39 is 0 Å². The molecule has 1 aliphatic carbocycles. The van der Waals surface area contributed by atoms with Crippen molar-refractivity contribution in [2.75, 3.05) is 0 Å². The highest BCUT2D eigenvalue weighted by atomic mass is 32.2. The summed E-state index contributed by atoms with van der Waals surface area (Å²) in [5.74, 6) is 0. The average Bonchev–Trinajstić information content (AvgIpc) is 2.13. The zero-order valence-electron chi connectivity index (χ0n) is 8.02. The molecule has 0 bridgehead atoms. The molecule has 0 heterocycles. The molecular weight excluding hydrogens is 212 g/mol. The molecule has 1 rings (SSSR count). The molecule has 2 unspecified atom stereocenters. The Labute approximate surface area is 92.7 Å². The van der Waals surface area contributed by atoms with Gasteiger partial charge in [0, 0.05) is 0 Å². The van der Waals surface area contributed by atoms with Crippen LogP contribution >= 0.6 is 23.5 Å². The van der Waals surface area contributed by atoms with Crippen molar-refractivity contribution >= 4 is 23.5 Å². The maximum absolute atomic E-state index is 8.70. The molecule has 2 nitrogen and oxygen atoms in total. The maximum atomic E-state index is 8.70. The lowest BCUT2D eigenvalue weighted by atomic mass is 9.98. The Morgan fingerprint density at radius 2 is 2.14 bits per heavy atom. The number of thiocyanates is 2. The zero-order valence-corrected chi connectivity index (χ0v) is 9.65. The van der Waals surface area contributed by atoms with Crippen LogP contribution in [0.4, 0.5) is 0 Å². The highest BCUT2D eigenvalue weighted by Gasteiger charge is 2.34. The molecule has 0 saturated carbocycles. The van der Waals surface area contributed by atoms with Crippen molar-refractivity contribution in [3.63, 3.8) is 0 Å². The van der Waals surface area contributed by atoms with Gasteiger partial charge in [-0.25, -0.2) is 0 Å². The molecule has 0 aromatic carbocycles. The molecule has 2 atom stereocenters. The second-order valence-electron chi connectivity index (χ2n) is 3.25. The van der Waals surface area contributed by atoms with Gasteiger partial charge in [0.25, 0.3) is 0 Å². The molecule has 0 radical (unpaired) electrons. The van der Waals surface area contributed by atoms with Crippen LogP contribution in [0.1, 0.15) is 13.8 Å². The van der Waals surface area contributed by atoms with Gasteiger partial charge in [-0.1, -0.05) is 23.8 Å². The third-order valence-electron chi connectivity index (χ3n) is 2.10. The first-order valence-electron chi connectivity index (χ1n) is 4.12. The van der Waals surface area contributed by atoms with Gasteiger partial charge in [0.2, 0.25) is 0 Å². The summed E-state index contributed by atoms with van der Waals surface area (Å²) in [7, 11) is 0. The Balaban J connectivity index is 2.92. The van der Waals surface area contributed by atoms with Crippen LogP contribution in [0, 0.1) is 21.3 Å². The molecule has 0 saturated heterocycles. The number of nitriles is 2. The van der Waals surface area contributed by atoms with Crippen molar-refractivity contribution in [1.82, 2.24) is 0 Å². The summed E-state index contributed by atoms with van der Waals surface area (Å²) in [4.78, 5) is 0. The monoisotopic (exact) mass is 222 g/mol. The van der Waals surface area contributed by atoms with E-state index in [0.29, 0.717) is 0 Å². The molecule has 0 aliphatic heterocycles. The van der Waals surface area contributed by atoms with E-state index in [9.17, 15) is 0 Å². The molecule has 0 spiro atoms. The van der Waals surface area contributed by atoms with Gasteiger partial charge in [-0.2, -0.15) is 10.5 Å². The summed E-state index contributed by atoms with van der Waals surface area (Å²) >= 11 is 2.42.